The highest BCUT2D eigenvalue weighted by Crippen LogP contribution is 2.16. The molecule has 1 aromatic heterocycles. The number of benzene rings is 1. The van der Waals surface area contributed by atoms with Gasteiger partial charge in [0.1, 0.15) is 0 Å². The summed E-state index contributed by atoms with van der Waals surface area (Å²) in [6, 6.07) is 7.86. The lowest BCUT2D eigenvalue weighted by atomic mass is 10.1. The summed E-state index contributed by atoms with van der Waals surface area (Å²) >= 11 is 1.56. The van der Waals surface area contributed by atoms with Crippen LogP contribution >= 0.6 is 11.3 Å². The molecule has 2 aromatic rings. The fourth-order valence-corrected chi connectivity index (χ4v) is 2.83. The normalized spacial score (nSPS) is 10.8. The minimum atomic E-state index is -0.281. The zero-order valence-electron chi connectivity index (χ0n) is 14.1. The van der Waals surface area contributed by atoms with Crippen molar-refractivity contribution in [2.45, 2.75) is 33.6 Å². The lowest BCUT2D eigenvalue weighted by molar-refractivity contribution is -0.124. The molecule has 126 valence electrons. The number of hydrogen-bond acceptors (Lipinski definition) is 4. The Hall–Kier alpha value is -2.47. The van der Waals surface area contributed by atoms with Crippen molar-refractivity contribution < 1.29 is 9.59 Å². The van der Waals surface area contributed by atoms with Crippen molar-refractivity contribution in [3.63, 3.8) is 0 Å². The molecule has 6 heteroatoms. The molecule has 24 heavy (non-hydrogen) atoms. The molecule has 0 spiro atoms. The molecular weight excluding hydrogens is 322 g/mol. The summed E-state index contributed by atoms with van der Waals surface area (Å²) in [5, 5.41) is 8.72. The first-order chi connectivity index (χ1) is 11.5. The first kappa shape index (κ1) is 17.9. The van der Waals surface area contributed by atoms with Gasteiger partial charge in [0, 0.05) is 23.4 Å². The van der Waals surface area contributed by atoms with Gasteiger partial charge in [-0.05, 0) is 55.0 Å². The Morgan fingerprint density at radius 1 is 1.08 bits per heavy atom. The Balaban J connectivity index is 1.77. The Labute approximate surface area is 145 Å². The standard InChI is InChI=1S/C18H21N3O2S/c1-12-4-5-13(2)15(10-12)20-17(22)6-7-18(23)21-19-11-16-14(3)8-9-24-16/h4-5,8-11H,6-7H2,1-3H3,(H,20,22)(H,21,23)/b19-11+. The fraction of sp³-hybridized carbons (Fsp3) is 0.278. The van der Waals surface area contributed by atoms with E-state index in [-0.39, 0.29) is 24.7 Å². The number of amides is 2. The van der Waals surface area contributed by atoms with E-state index >= 15 is 0 Å². The van der Waals surface area contributed by atoms with Crippen LogP contribution in [0.25, 0.3) is 0 Å². The fourth-order valence-electron chi connectivity index (χ4n) is 2.05. The van der Waals surface area contributed by atoms with Crippen LogP contribution in [0.4, 0.5) is 5.69 Å². The molecule has 2 N–H and O–H groups in total. The molecule has 0 aliphatic rings. The minimum absolute atomic E-state index is 0.0947. The SMILES string of the molecule is Cc1ccc(C)c(NC(=O)CCC(=O)N/N=C/c2sccc2C)c1. The van der Waals surface area contributed by atoms with Gasteiger partial charge in [0.05, 0.1) is 6.21 Å². The maximum atomic E-state index is 12.0. The van der Waals surface area contributed by atoms with Crippen LogP contribution in [0.5, 0.6) is 0 Å². The average Bonchev–Trinajstić information content (AvgIpc) is 2.94. The van der Waals surface area contributed by atoms with Crippen LogP contribution in [0.15, 0.2) is 34.7 Å². The summed E-state index contributed by atoms with van der Waals surface area (Å²) < 4.78 is 0. The summed E-state index contributed by atoms with van der Waals surface area (Å²) in [4.78, 5) is 24.7. The van der Waals surface area contributed by atoms with Crippen molar-refractivity contribution in [3.8, 4) is 0 Å². The number of aryl methyl sites for hydroxylation is 3. The smallest absolute Gasteiger partial charge is 0.240 e. The van der Waals surface area contributed by atoms with Crippen LogP contribution in [-0.2, 0) is 9.59 Å². The Kier molecular flexibility index (Phi) is 6.26. The maximum absolute atomic E-state index is 12.0. The molecule has 1 heterocycles. The van der Waals surface area contributed by atoms with E-state index in [0.29, 0.717) is 0 Å². The molecule has 0 unspecified atom stereocenters. The van der Waals surface area contributed by atoms with Crippen LogP contribution < -0.4 is 10.7 Å². The summed E-state index contributed by atoms with van der Waals surface area (Å²) in [6.45, 7) is 5.89. The predicted octanol–water partition coefficient (Wildman–Crippen LogP) is 3.54. The molecule has 0 radical (unpaired) electrons. The lowest BCUT2D eigenvalue weighted by Crippen LogP contribution is -2.20. The quantitative estimate of drug-likeness (QED) is 0.622. The molecule has 2 amide bonds. The van der Waals surface area contributed by atoms with E-state index in [4.69, 9.17) is 0 Å². The topological polar surface area (TPSA) is 70.6 Å². The van der Waals surface area contributed by atoms with Crippen molar-refractivity contribution >= 4 is 35.1 Å². The predicted molar refractivity (Wildman–Crippen MR) is 98.6 cm³/mol. The second kappa shape index (κ2) is 8.40. The number of carbonyl (C=O) groups excluding carboxylic acids is 2. The summed E-state index contributed by atoms with van der Waals surface area (Å²) in [5.41, 5.74) is 6.42. The lowest BCUT2D eigenvalue weighted by Gasteiger charge is -2.09. The molecule has 0 saturated carbocycles. The summed E-state index contributed by atoms with van der Waals surface area (Å²) in [5.74, 6) is -0.464. The van der Waals surface area contributed by atoms with Crippen molar-refractivity contribution in [1.82, 2.24) is 5.43 Å². The molecule has 5 nitrogen and oxygen atoms in total. The first-order valence-corrected chi connectivity index (χ1v) is 8.57. The third-order valence-electron chi connectivity index (χ3n) is 3.52. The number of carbonyl (C=O) groups is 2. The van der Waals surface area contributed by atoms with Crippen LogP contribution in [0.2, 0.25) is 0 Å². The third-order valence-corrected chi connectivity index (χ3v) is 4.47. The number of nitrogens with zero attached hydrogens (tertiary/aromatic N) is 1. The zero-order valence-corrected chi connectivity index (χ0v) is 14.9. The van der Waals surface area contributed by atoms with Gasteiger partial charge in [-0.25, -0.2) is 5.43 Å². The highest BCUT2D eigenvalue weighted by Gasteiger charge is 2.08. The number of rotatable bonds is 6. The molecule has 2 rings (SSSR count). The van der Waals surface area contributed by atoms with E-state index in [1.807, 2.05) is 50.4 Å². The summed E-state index contributed by atoms with van der Waals surface area (Å²) in [7, 11) is 0. The van der Waals surface area contributed by atoms with Crippen molar-refractivity contribution in [3.05, 3.63) is 51.2 Å². The molecule has 1 aromatic carbocycles. The Morgan fingerprint density at radius 3 is 2.54 bits per heavy atom. The molecule has 0 aliphatic heterocycles. The van der Waals surface area contributed by atoms with E-state index in [9.17, 15) is 9.59 Å². The van der Waals surface area contributed by atoms with Crippen LogP contribution in [0.1, 0.15) is 34.4 Å². The summed E-state index contributed by atoms with van der Waals surface area (Å²) in [6.07, 6.45) is 1.83. The third kappa shape index (κ3) is 5.31. The van der Waals surface area contributed by atoms with Gasteiger partial charge < -0.3 is 5.32 Å². The van der Waals surface area contributed by atoms with Crippen LogP contribution in [0, 0.1) is 20.8 Å². The monoisotopic (exact) mass is 343 g/mol. The Bertz CT molecular complexity index is 765. The number of anilines is 1. The Morgan fingerprint density at radius 2 is 1.83 bits per heavy atom. The highest BCUT2D eigenvalue weighted by molar-refractivity contribution is 7.11. The van der Waals surface area contributed by atoms with Gasteiger partial charge in [-0.1, -0.05) is 12.1 Å². The number of nitrogens with one attached hydrogen (secondary N) is 2. The minimum Gasteiger partial charge on any atom is -0.326 e. The average molecular weight is 343 g/mol. The highest BCUT2D eigenvalue weighted by atomic mass is 32.1. The first-order valence-electron chi connectivity index (χ1n) is 7.69. The van der Waals surface area contributed by atoms with E-state index in [1.54, 1.807) is 17.6 Å². The van der Waals surface area contributed by atoms with Gasteiger partial charge in [0.25, 0.3) is 0 Å². The molecule has 0 fully saturated rings. The van der Waals surface area contributed by atoms with E-state index in [2.05, 4.69) is 15.8 Å². The second-order valence-electron chi connectivity index (χ2n) is 5.63. The molecule has 0 saturated heterocycles. The van der Waals surface area contributed by atoms with E-state index in [1.165, 1.54) is 0 Å². The number of thiophene rings is 1. The largest absolute Gasteiger partial charge is 0.326 e. The van der Waals surface area contributed by atoms with Gasteiger partial charge in [-0.3, -0.25) is 9.59 Å². The van der Waals surface area contributed by atoms with Gasteiger partial charge in [0.15, 0.2) is 0 Å². The van der Waals surface area contributed by atoms with Gasteiger partial charge in [0.2, 0.25) is 11.8 Å². The van der Waals surface area contributed by atoms with Crippen molar-refractivity contribution in [2.24, 2.45) is 5.10 Å². The van der Waals surface area contributed by atoms with Crippen molar-refractivity contribution in [2.75, 3.05) is 5.32 Å². The van der Waals surface area contributed by atoms with Crippen molar-refractivity contribution in [1.29, 1.82) is 0 Å². The molecular formula is C18H21N3O2S. The second-order valence-corrected chi connectivity index (χ2v) is 6.58. The number of hydrogen-bond donors (Lipinski definition) is 2. The van der Waals surface area contributed by atoms with Gasteiger partial charge in [-0.15, -0.1) is 11.3 Å². The molecule has 0 bridgehead atoms. The zero-order chi connectivity index (χ0) is 17.5. The van der Waals surface area contributed by atoms with Gasteiger partial charge >= 0.3 is 0 Å². The van der Waals surface area contributed by atoms with E-state index < -0.39 is 0 Å². The van der Waals surface area contributed by atoms with Crippen LogP contribution in [-0.4, -0.2) is 18.0 Å². The molecule has 0 atom stereocenters. The van der Waals surface area contributed by atoms with Gasteiger partial charge in [-0.2, -0.15) is 5.10 Å². The van der Waals surface area contributed by atoms with E-state index in [0.717, 1.165) is 27.3 Å². The number of hydrazone groups is 1. The van der Waals surface area contributed by atoms with Crippen LogP contribution in [0.3, 0.4) is 0 Å². The maximum Gasteiger partial charge on any atom is 0.240 e. The molecule has 0 aliphatic carbocycles.